The van der Waals surface area contributed by atoms with Crippen molar-refractivity contribution in [2.45, 2.75) is 25.8 Å². The molecular weight excluding hydrogens is 282 g/mol. The Labute approximate surface area is 130 Å². The van der Waals surface area contributed by atoms with E-state index < -0.39 is 0 Å². The van der Waals surface area contributed by atoms with Crippen LogP contribution in [0.15, 0.2) is 16.9 Å². The van der Waals surface area contributed by atoms with E-state index in [0.717, 1.165) is 44.8 Å². The molecule has 1 aromatic rings. The van der Waals surface area contributed by atoms with Crippen LogP contribution < -0.4 is 5.56 Å². The van der Waals surface area contributed by atoms with Crippen molar-refractivity contribution in [1.29, 1.82) is 0 Å². The molecule has 3 rings (SSSR count). The summed E-state index contributed by atoms with van der Waals surface area (Å²) in [5, 5.41) is 0. The zero-order valence-electron chi connectivity index (χ0n) is 13.0. The third-order valence-electron chi connectivity index (χ3n) is 4.59. The minimum absolute atomic E-state index is 0.159. The van der Waals surface area contributed by atoms with Crippen molar-refractivity contribution in [3.8, 4) is 0 Å². The van der Waals surface area contributed by atoms with Crippen LogP contribution in [0.4, 0.5) is 0 Å². The fourth-order valence-electron chi connectivity index (χ4n) is 3.25. The summed E-state index contributed by atoms with van der Waals surface area (Å²) in [5.74, 6) is -0.159. The summed E-state index contributed by atoms with van der Waals surface area (Å²) < 4.78 is 5.40. The number of aromatic nitrogens is 1. The van der Waals surface area contributed by atoms with Gasteiger partial charge in [0.15, 0.2) is 0 Å². The van der Waals surface area contributed by atoms with E-state index in [9.17, 15) is 9.59 Å². The van der Waals surface area contributed by atoms with Gasteiger partial charge in [0.2, 0.25) is 0 Å². The number of carbonyl (C=O) groups excluding carboxylic acids is 1. The van der Waals surface area contributed by atoms with E-state index in [1.165, 1.54) is 0 Å². The monoisotopic (exact) mass is 305 g/mol. The van der Waals surface area contributed by atoms with Gasteiger partial charge in [-0.25, -0.2) is 0 Å². The molecule has 0 bridgehead atoms. The number of pyridine rings is 1. The van der Waals surface area contributed by atoms with Crippen LogP contribution in [0.1, 0.15) is 28.9 Å². The summed E-state index contributed by atoms with van der Waals surface area (Å²) in [7, 11) is 0. The Bertz CT molecular complexity index is 585. The van der Waals surface area contributed by atoms with Crippen LogP contribution in [-0.4, -0.2) is 66.1 Å². The van der Waals surface area contributed by atoms with Gasteiger partial charge in [-0.15, -0.1) is 0 Å². The highest BCUT2D eigenvalue weighted by atomic mass is 16.5. The second kappa shape index (κ2) is 6.62. The highest BCUT2D eigenvalue weighted by Gasteiger charge is 2.28. The number of amides is 1. The van der Waals surface area contributed by atoms with Crippen molar-refractivity contribution in [2.75, 3.05) is 39.4 Å². The van der Waals surface area contributed by atoms with Crippen molar-refractivity contribution in [3.63, 3.8) is 0 Å². The molecule has 2 aliphatic rings. The Balaban J connectivity index is 1.61. The van der Waals surface area contributed by atoms with Crippen molar-refractivity contribution >= 4 is 5.91 Å². The van der Waals surface area contributed by atoms with Crippen LogP contribution in [0.2, 0.25) is 0 Å². The number of aromatic amines is 1. The van der Waals surface area contributed by atoms with Gasteiger partial charge in [-0.1, -0.05) is 0 Å². The molecule has 6 heteroatoms. The normalized spacial score (nSPS) is 21.0. The Hall–Kier alpha value is -1.66. The molecule has 6 nitrogen and oxygen atoms in total. The lowest BCUT2D eigenvalue weighted by atomic mass is 10.1. The van der Waals surface area contributed by atoms with Crippen LogP contribution in [0.5, 0.6) is 0 Å². The third-order valence-corrected chi connectivity index (χ3v) is 4.59. The number of aryl methyl sites for hydroxylation is 1. The first-order chi connectivity index (χ1) is 10.6. The lowest BCUT2D eigenvalue weighted by Gasteiger charge is -2.40. The Kier molecular flexibility index (Phi) is 4.59. The summed E-state index contributed by atoms with van der Waals surface area (Å²) in [6, 6.07) is 3.97. The summed E-state index contributed by atoms with van der Waals surface area (Å²) in [6.45, 7) is 6.60. The molecule has 22 heavy (non-hydrogen) atoms. The molecule has 1 aromatic heterocycles. The molecule has 120 valence electrons. The van der Waals surface area contributed by atoms with Crippen LogP contribution >= 0.6 is 0 Å². The van der Waals surface area contributed by atoms with Gasteiger partial charge in [0, 0.05) is 51.1 Å². The standard InChI is InChI=1S/C16H23N3O3/c1-12-2-3-14(15(20)17-12)16(21)19-8-6-18(7-9-19)13-4-10-22-11-5-13/h2-3,13H,4-11H2,1H3,(H,17,20). The maximum atomic E-state index is 12.5. The topological polar surface area (TPSA) is 65.6 Å². The minimum Gasteiger partial charge on any atom is -0.381 e. The second-order valence-corrected chi connectivity index (χ2v) is 6.06. The quantitative estimate of drug-likeness (QED) is 0.870. The number of carbonyl (C=O) groups is 1. The molecule has 3 heterocycles. The van der Waals surface area contributed by atoms with E-state index >= 15 is 0 Å². The van der Waals surface area contributed by atoms with Crippen molar-refractivity contribution in [2.24, 2.45) is 0 Å². The predicted octanol–water partition coefficient (Wildman–Crippen LogP) is 0.620. The molecule has 2 aliphatic heterocycles. The molecular formula is C16H23N3O3. The second-order valence-electron chi connectivity index (χ2n) is 6.06. The Morgan fingerprint density at radius 3 is 2.50 bits per heavy atom. The number of hydrogen-bond acceptors (Lipinski definition) is 4. The van der Waals surface area contributed by atoms with Crippen LogP contribution in [0.25, 0.3) is 0 Å². The van der Waals surface area contributed by atoms with E-state index in [0.29, 0.717) is 19.1 Å². The van der Waals surface area contributed by atoms with Gasteiger partial charge in [0.05, 0.1) is 0 Å². The lowest BCUT2D eigenvalue weighted by molar-refractivity contribution is 0.0137. The number of H-pyrrole nitrogens is 1. The maximum Gasteiger partial charge on any atom is 0.260 e. The molecule has 0 saturated carbocycles. The molecule has 1 amide bonds. The Morgan fingerprint density at radius 2 is 1.86 bits per heavy atom. The van der Waals surface area contributed by atoms with E-state index in [-0.39, 0.29) is 17.0 Å². The highest BCUT2D eigenvalue weighted by Crippen LogP contribution is 2.17. The number of rotatable bonds is 2. The molecule has 1 N–H and O–H groups in total. The summed E-state index contributed by atoms with van der Waals surface area (Å²) in [6.07, 6.45) is 2.15. The maximum absolute atomic E-state index is 12.5. The van der Waals surface area contributed by atoms with Crippen molar-refractivity contribution in [3.05, 3.63) is 33.7 Å². The summed E-state index contributed by atoms with van der Waals surface area (Å²) in [5.41, 5.74) is 0.716. The molecule has 0 unspecified atom stereocenters. The van der Waals surface area contributed by atoms with Gasteiger partial charge in [-0.3, -0.25) is 14.5 Å². The fourth-order valence-corrected chi connectivity index (χ4v) is 3.25. The molecule has 0 spiro atoms. The van der Waals surface area contributed by atoms with Gasteiger partial charge >= 0.3 is 0 Å². The van der Waals surface area contributed by atoms with Gasteiger partial charge in [-0.05, 0) is 31.9 Å². The number of piperazine rings is 1. The number of nitrogens with zero attached hydrogens (tertiary/aromatic N) is 2. The molecule has 2 fully saturated rings. The Morgan fingerprint density at radius 1 is 1.18 bits per heavy atom. The number of nitrogens with one attached hydrogen (secondary N) is 1. The fraction of sp³-hybridized carbons (Fsp3) is 0.625. The van der Waals surface area contributed by atoms with Gasteiger partial charge < -0.3 is 14.6 Å². The first-order valence-electron chi connectivity index (χ1n) is 7.96. The molecule has 0 aliphatic carbocycles. The zero-order chi connectivity index (χ0) is 15.5. The van der Waals surface area contributed by atoms with E-state index in [2.05, 4.69) is 9.88 Å². The van der Waals surface area contributed by atoms with Crippen molar-refractivity contribution < 1.29 is 9.53 Å². The summed E-state index contributed by atoms with van der Waals surface area (Å²) >= 11 is 0. The predicted molar refractivity (Wildman–Crippen MR) is 83.1 cm³/mol. The van der Waals surface area contributed by atoms with Gasteiger partial charge in [0.25, 0.3) is 11.5 Å². The number of ether oxygens (including phenoxy) is 1. The van der Waals surface area contributed by atoms with Crippen molar-refractivity contribution in [1.82, 2.24) is 14.8 Å². The molecule has 2 saturated heterocycles. The minimum atomic E-state index is -0.295. The van der Waals surface area contributed by atoms with Crippen LogP contribution in [0.3, 0.4) is 0 Å². The first kappa shape index (κ1) is 15.2. The first-order valence-corrected chi connectivity index (χ1v) is 7.96. The average molecular weight is 305 g/mol. The van der Waals surface area contributed by atoms with Crippen LogP contribution in [0, 0.1) is 6.92 Å². The van der Waals surface area contributed by atoms with Gasteiger partial charge in [-0.2, -0.15) is 0 Å². The lowest BCUT2D eigenvalue weighted by Crippen LogP contribution is -2.53. The molecule has 0 radical (unpaired) electrons. The van der Waals surface area contributed by atoms with E-state index in [1.807, 2.05) is 6.92 Å². The average Bonchev–Trinajstić information content (AvgIpc) is 2.55. The largest absolute Gasteiger partial charge is 0.381 e. The number of hydrogen-bond donors (Lipinski definition) is 1. The summed E-state index contributed by atoms with van der Waals surface area (Å²) in [4.78, 5) is 31.3. The van der Waals surface area contributed by atoms with Crippen LogP contribution in [-0.2, 0) is 4.74 Å². The van der Waals surface area contributed by atoms with Gasteiger partial charge in [0.1, 0.15) is 5.56 Å². The third kappa shape index (κ3) is 3.23. The smallest absolute Gasteiger partial charge is 0.260 e. The molecule has 0 aromatic carbocycles. The zero-order valence-corrected chi connectivity index (χ0v) is 13.0. The highest BCUT2D eigenvalue weighted by molar-refractivity contribution is 5.93. The van der Waals surface area contributed by atoms with E-state index in [1.54, 1.807) is 17.0 Å². The SMILES string of the molecule is Cc1ccc(C(=O)N2CCN(C3CCOCC3)CC2)c(=O)[nH]1. The molecule has 0 atom stereocenters. The van der Waals surface area contributed by atoms with E-state index in [4.69, 9.17) is 4.74 Å².